The summed E-state index contributed by atoms with van der Waals surface area (Å²) in [6, 6.07) is 0. The Hall–Kier alpha value is -0.100. The van der Waals surface area contributed by atoms with Crippen LogP contribution in [0.15, 0.2) is 9.40 Å². The lowest BCUT2D eigenvalue weighted by Crippen LogP contribution is -2.18. The van der Waals surface area contributed by atoms with Crippen molar-refractivity contribution in [2.45, 2.75) is 0 Å². The number of aromatic nitrogens is 1. The first-order valence-electron chi connectivity index (χ1n) is 2.42. The summed E-state index contributed by atoms with van der Waals surface area (Å²) in [5.74, 6) is 0. The Morgan fingerprint density at radius 3 is 3.44 bits per heavy atom. The fourth-order valence-electron chi connectivity index (χ4n) is 0.589. The van der Waals surface area contributed by atoms with E-state index in [2.05, 4.69) is 17.7 Å². The summed E-state index contributed by atoms with van der Waals surface area (Å²) in [6.07, 6.45) is 3.95. The van der Waals surface area contributed by atoms with Gasteiger partial charge in [-0.15, -0.1) is 0 Å². The van der Waals surface area contributed by atoms with Crippen molar-refractivity contribution >= 4 is 42.6 Å². The highest BCUT2D eigenvalue weighted by atomic mass is 127. The summed E-state index contributed by atoms with van der Waals surface area (Å²) < 4.78 is 11.7. The Morgan fingerprint density at radius 1 is 1.56 bits per heavy atom. The van der Waals surface area contributed by atoms with Gasteiger partial charge in [-0.05, 0) is 21.6 Å². The third kappa shape index (κ3) is 0.963. The molecule has 2 rings (SSSR count). The minimum Gasteiger partial charge on any atom is -0.219 e. The molecule has 4 heteroatoms. The van der Waals surface area contributed by atoms with Gasteiger partial charge < -0.3 is 0 Å². The molecule has 2 heterocycles. The van der Waals surface area contributed by atoms with Crippen molar-refractivity contribution in [1.82, 2.24) is 4.37 Å². The van der Waals surface area contributed by atoms with Crippen molar-refractivity contribution in [2.24, 2.45) is 3.21 Å². The van der Waals surface area contributed by atoms with Gasteiger partial charge in [0.05, 0.1) is 10.7 Å². The van der Waals surface area contributed by atoms with Crippen LogP contribution >= 0.6 is 32.5 Å². The molecular weight excluding hydrogens is 247 g/mol. The number of nitrogens with zero attached hydrogens (tertiary/aromatic N) is 2. The highest BCUT2D eigenvalue weighted by Crippen LogP contribution is 1.95. The van der Waals surface area contributed by atoms with E-state index in [1.165, 1.54) is 16.1 Å². The van der Waals surface area contributed by atoms with E-state index in [1.54, 1.807) is 0 Å². The van der Waals surface area contributed by atoms with Crippen molar-refractivity contribution in [3.05, 3.63) is 16.1 Å². The summed E-state index contributed by atoms with van der Waals surface area (Å²) in [6.45, 7) is 0. The van der Waals surface area contributed by atoms with Gasteiger partial charge in [-0.3, -0.25) is 0 Å². The van der Waals surface area contributed by atoms with E-state index in [-0.39, 0.29) is 21.0 Å². The van der Waals surface area contributed by atoms with Gasteiger partial charge >= 0.3 is 0 Å². The first-order valence-corrected chi connectivity index (χ1v) is 5.40. The van der Waals surface area contributed by atoms with Crippen molar-refractivity contribution < 1.29 is 0 Å². The summed E-state index contributed by atoms with van der Waals surface area (Å²) >= 11 is 1.48. The average molecular weight is 250 g/mol. The van der Waals surface area contributed by atoms with Gasteiger partial charge in [-0.25, -0.2) is 3.21 Å². The average Bonchev–Trinajstić information content (AvgIpc) is 2.33. The maximum atomic E-state index is 4.32. The van der Waals surface area contributed by atoms with Crippen LogP contribution in [0.3, 0.4) is 0 Å². The van der Waals surface area contributed by atoms with E-state index in [0.29, 0.717) is 0 Å². The minimum atomic E-state index is -0.0371. The second-order valence-corrected chi connectivity index (χ2v) is 4.14. The second kappa shape index (κ2) is 2.26. The predicted molar refractivity (Wildman–Crippen MR) is 47.4 cm³/mol. The van der Waals surface area contributed by atoms with Crippen LogP contribution in [-0.4, -0.2) is 8.39 Å². The van der Waals surface area contributed by atoms with Crippen LogP contribution in [0.25, 0.3) is 6.08 Å². The van der Waals surface area contributed by atoms with Crippen LogP contribution in [-0.2, 0) is 0 Å². The van der Waals surface area contributed by atoms with E-state index in [0.717, 1.165) is 5.36 Å². The number of halogens is 1. The Kier molecular flexibility index (Phi) is 1.42. The molecule has 1 aliphatic heterocycles. The van der Waals surface area contributed by atoms with Gasteiger partial charge in [0.25, 0.3) is 0 Å². The molecule has 0 spiro atoms. The van der Waals surface area contributed by atoms with Crippen LogP contribution < -0.4 is 9.89 Å². The van der Waals surface area contributed by atoms with Crippen molar-refractivity contribution in [1.29, 1.82) is 0 Å². The molecule has 9 heavy (non-hydrogen) atoms. The van der Waals surface area contributed by atoms with Gasteiger partial charge in [-0.2, -0.15) is 4.37 Å². The molecule has 0 bridgehead atoms. The van der Waals surface area contributed by atoms with E-state index in [1.807, 2.05) is 6.20 Å². The SMILES string of the molecule is C1=IN=c2cnsc2=C1. The summed E-state index contributed by atoms with van der Waals surface area (Å²) in [7, 11) is 0. The Bertz CT molecular complexity index is 319. The molecule has 0 radical (unpaired) electrons. The maximum absolute atomic E-state index is 4.32. The number of rotatable bonds is 0. The van der Waals surface area contributed by atoms with Gasteiger partial charge in [0, 0.05) is 21.0 Å². The zero-order valence-corrected chi connectivity index (χ0v) is 7.39. The Balaban J connectivity index is 2.99. The highest BCUT2D eigenvalue weighted by molar-refractivity contribution is 14.2. The molecule has 0 N–H and O–H groups in total. The first kappa shape index (κ1) is 5.67. The van der Waals surface area contributed by atoms with Crippen LogP contribution in [0.5, 0.6) is 0 Å². The third-order valence-electron chi connectivity index (χ3n) is 0.989. The molecule has 1 aromatic heterocycles. The van der Waals surface area contributed by atoms with E-state index < -0.39 is 0 Å². The van der Waals surface area contributed by atoms with Gasteiger partial charge in [0.1, 0.15) is 5.36 Å². The molecule has 0 atom stereocenters. The quantitative estimate of drug-likeness (QED) is 0.606. The minimum absolute atomic E-state index is 0.0371. The van der Waals surface area contributed by atoms with Gasteiger partial charge in [0.2, 0.25) is 0 Å². The lowest BCUT2D eigenvalue weighted by Gasteiger charge is -1.78. The lowest BCUT2D eigenvalue weighted by molar-refractivity contribution is 1.45. The molecule has 0 saturated carbocycles. The molecular formula is C5H3IN2S. The largest absolute Gasteiger partial charge is 0.219 e. The third-order valence-corrected chi connectivity index (χ3v) is 3.22. The van der Waals surface area contributed by atoms with Crippen LogP contribution in [0.4, 0.5) is 0 Å². The number of hydrogen-bond donors (Lipinski definition) is 0. The summed E-state index contributed by atoms with van der Waals surface area (Å²) in [5, 5.41) is 1.09. The van der Waals surface area contributed by atoms with Crippen LogP contribution in [0.2, 0.25) is 0 Å². The first-order chi connectivity index (χ1) is 4.47. The van der Waals surface area contributed by atoms with Gasteiger partial charge in [0.15, 0.2) is 0 Å². The molecule has 0 saturated heterocycles. The van der Waals surface area contributed by atoms with E-state index in [9.17, 15) is 0 Å². The molecule has 1 aromatic rings. The maximum Gasteiger partial charge on any atom is 0.107 e. The molecule has 1 aliphatic rings. The van der Waals surface area contributed by atoms with E-state index >= 15 is 0 Å². The lowest BCUT2D eigenvalue weighted by atomic mass is 10.5. The highest BCUT2D eigenvalue weighted by Gasteiger charge is 1.89. The zero-order valence-electron chi connectivity index (χ0n) is 4.41. The molecule has 46 valence electrons. The molecule has 0 aromatic carbocycles. The predicted octanol–water partition coefficient (Wildman–Crippen LogP) is 0.245. The number of fused-ring (bicyclic) bond motifs is 1. The topological polar surface area (TPSA) is 25.2 Å². The summed E-state index contributed by atoms with van der Waals surface area (Å²) in [4.78, 5) is 0. The summed E-state index contributed by atoms with van der Waals surface area (Å²) in [5.41, 5.74) is 0. The molecule has 0 unspecified atom stereocenters. The van der Waals surface area contributed by atoms with Crippen molar-refractivity contribution in [3.63, 3.8) is 0 Å². The van der Waals surface area contributed by atoms with Crippen LogP contribution in [0.1, 0.15) is 0 Å². The van der Waals surface area contributed by atoms with Crippen molar-refractivity contribution in [3.8, 4) is 0 Å². The zero-order chi connectivity index (χ0) is 6.10. The molecule has 0 amide bonds. The monoisotopic (exact) mass is 250 g/mol. The molecule has 0 aliphatic carbocycles. The second-order valence-electron chi connectivity index (χ2n) is 1.55. The van der Waals surface area contributed by atoms with Gasteiger partial charge in [-0.1, -0.05) is 0 Å². The van der Waals surface area contributed by atoms with E-state index in [4.69, 9.17) is 0 Å². The fourth-order valence-corrected chi connectivity index (χ4v) is 2.95. The Labute approximate surface area is 66.2 Å². The Morgan fingerprint density at radius 2 is 2.56 bits per heavy atom. The molecule has 2 nitrogen and oxygen atoms in total. The standard InChI is InChI=1S/C5H3IN2S/c1-2-6-8-4-3-7-9-5(1)4/h1-3H. The van der Waals surface area contributed by atoms with Crippen molar-refractivity contribution in [2.75, 3.05) is 0 Å². The fraction of sp³-hybridized carbons (Fsp3) is 0. The number of hydrogen-bond acceptors (Lipinski definition) is 3. The smallest absolute Gasteiger partial charge is 0.107 e. The normalized spacial score (nSPS) is 14.7. The van der Waals surface area contributed by atoms with Crippen LogP contribution in [0, 0.1) is 0 Å². The molecule has 0 fully saturated rings.